The molecule has 0 aromatic carbocycles. The van der Waals surface area contributed by atoms with E-state index >= 15 is 0 Å². The standard InChI is InChI=1S/C15H24O3/c1-14(2,3)18-13-6-5-11-9-12(17-10-16)7-8-15(11,13)4/h9-10,12-13H,5-8H2,1-4H3/t12-,13-,15-/m0/s1. The zero-order chi connectivity index (χ0) is 13.4. The van der Waals surface area contributed by atoms with Gasteiger partial charge < -0.3 is 9.47 Å². The minimum atomic E-state index is -0.0979. The first kappa shape index (κ1) is 13.6. The molecule has 0 aromatic heterocycles. The molecular weight excluding hydrogens is 228 g/mol. The molecule has 0 saturated heterocycles. The second kappa shape index (κ2) is 4.69. The molecule has 0 bridgehead atoms. The molecule has 2 rings (SSSR count). The molecule has 0 unspecified atom stereocenters. The fourth-order valence-corrected chi connectivity index (χ4v) is 3.24. The maximum Gasteiger partial charge on any atom is 0.293 e. The summed E-state index contributed by atoms with van der Waals surface area (Å²) in [4.78, 5) is 10.4. The number of ether oxygens (including phenoxy) is 2. The average Bonchev–Trinajstić information content (AvgIpc) is 2.55. The van der Waals surface area contributed by atoms with Crippen molar-refractivity contribution in [1.29, 1.82) is 0 Å². The Labute approximate surface area is 110 Å². The molecule has 1 fully saturated rings. The second-order valence-electron chi connectivity index (χ2n) is 6.68. The van der Waals surface area contributed by atoms with Crippen LogP contribution in [-0.4, -0.2) is 24.3 Å². The number of rotatable bonds is 3. The highest BCUT2D eigenvalue weighted by Gasteiger charge is 2.47. The third kappa shape index (κ3) is 2.61. The lowest BCUT2D eigenvalue weighted by atomic mass is 9.73. The second-order valence-corrected chi connectivity index (χ2v) is 6.68. The van der Waals surface area contributed by atoms with Crippen LogP contribution in [0.4, 0.5) is 0 Å². The van der Waals surface area contributed by atoms with E-state index in [0.717, 1.165) is 25.7 Å². The van der Waals surface area contributed by atoms with Gasteiger partial charge in [-0.05, 0) is 52.5 Å². The first-order valence-electron chi connectivity index (χ1n) is 6.83. The molecule has 1 saturated carbocycles. The Morgan fingerprint density at radius 3 is 2.72 bits per heavy atom. The van der Waals surface area contributed by atoms with Gasteiger partial charge in [-0.1, -0.05) is 12.5 Å². The lowest BCUT2D eigenvalue weighted by molar-refractivity contribution is -0.133. The molecule has 0 aliphatic heterocycles. The van der Waals surface area contributed by atoms with Crippen LogP contribution in [0.3, 0.4) is 0 Å². The van der Waals surface area contributed by atoms with Gasteiger partial charge in [0.1, 0.15) is 6.10 Å². The molecule has 2 aliphatic rings. The Hall–Kier alpha value is -0.830. The first-order chi connectivity index (χ1) is 8.35. The molecule has 18 heavy (non-hydrogen) atoms. The lowest BCUT2D eigenvalue weighted by Gasteiger charge is -2.40. The van der Waals surface area contributed by atoms with Crippen LogP contribution in [0.15, 0.2) is 11.6 Å². The van der Waals surface area contributed by atoms with Crippen molar-refractivity contribution in [3.8, 4) is 0 Å². The van der Waals surface area contributed by atoms with Gasteiger partial charge in [-0.3, -0.25) is 4.79 Å². The van der Waals surface area contributed by atoms with E-state index in [1.807, 2.05) is 0 Å². The molecule has 0 spiro atoms. The van der Waals surface area contributed by atoms with Crippen LogP contribution in [0.1, 0.15) is 53.4 Å². The molecule has 3 heteroatoms. The summed E-state index contributed by atoms with van der Waals surface area (Å²) in [5, 5.41) is 0. The molecule has 0 amide bonds. The van der Waals surface area contributed by atoms with Gasteiger partial charge in [0.25, 0.3) is 6.47 Å². The predicted molar refractivity (Wildman–Crippen MR) is 70.2 cm³/mol. The minimum Gasteiger partial charge on any atom is -0.460 e. The topological polar surface area (TPSA) is 35.5 Å². The number of carbonyl (C=O) groups is 1. The van der Waals surface area contributed by atoms with Crippen LogP contribution in [0.5, 0.6) is 0 Å². The summed E-state index contributed by atoms with van der Waals surface area (Å²) in [7, 11) is 0. The van der Waals surface area contributed by atoms with Crippen LogP contribution in [0, 0.1) is 5.41 Å². The molecule has 3 atom stereocenters. The van der Waals surface area contributed by atoms with E-state index in [-0.39, 0.29) is 17.1 Å². The van der Waals surface area contributed by atoms with E-state index in [2.05, 4.69) is 33.8 Å². The van der Waals surface area contributed by atoms with Crippen LogP contribution in [-0.2, 0) is 14.3 Å². The highest BCUT2D eigenvalue weighted by molar-refractivity contribution is 5.39. The summed E-state index contributed by atoms with van der Waals surface area (Å²) >= 11 is 0. The molecule has 0 N–H and O–H groups in total. The molecule has 0 radical (unpaired) electrons. The highest BCUT2D eigenvalue weighted by atomic mass is 16.5. The fraction of sp³-hybridized carbons (Fsp3) is 0.800. The quantitative estimate of drug-likeness (QED) is 0.571. The van der Waals surface area contributed by atoms with E-state index in [4.69, 9.17) is 9.47 Å². The van der Waals surface area contributed by atoms with Gasteiger partial charge >= 0.3 is 0 Å². The summed E-state index contributed by atoms with van der Waals surface area (Å²) in [5.74, 6) is 0. The van der Waals surface area contributed by atoms with Gasteiger partial charge in [-0.15, -0.1) is 0 Å². The number of hydrogen-bond acceptors (Lipinski definition) is 3. The summed E-state index contributed by atoms with van der Waals surface area (Å²) in [5.41, 5.74) is 1.45. The van der Waals surface area contributed by atoms with Crippen molar-refractivity contribution in [2.45, 2.75) is 71.2 Å². The predicted octanol–water partition coefficient (Wildman–Crippen LogP) is 3.23. The summed E-state index contributed by atoms with van der Waals surface area (Å²) in [6.07, 6.45) is 6.49. The number of carbonyl (C=O) groups excluding carboxylic acids is 1. The van der Waals surface area contributed by atoms with E-state index in [1.54, 1.807) is 0 Å². The SMILES string of the molecule is CC(C)(C)O[C@H]1CCC2=C[C@@H](OC=O)CC[C@@]21C. The largest absolute Gasteiger partial charge is 0.460 e. The molecule has 2 aliphatic carbocycles. The summed E-state index contributed by atoms with van der Waals surface area (Å²) in [6.45, 7) is 9.18. The van der Waals surface area contributed by atoms with E-state index in [9.17, 15) is 4.79 Å². The van der Waals surface area contributed by atoms with Crippen LogP contribution in [0.2, 0.25) is 0 Å². The normalized spacial score (nSPS) is 35.9. The van der Waals surface area contributed by atoms with Gasteiger partial charge in [0.15, 0.2) is 0 Å². The van der Waals surface area contributed by atoms with E-state index < -0.39 is 0 Å². The Balaban J connectivity index is 2.13. The maximum absolute atomic E-state index is 10.4. The van der Waals surface area contributed by atoms with Crippen LogP contribution < -0.4 is 0 Å². The fourth-order valence-electron chi connectivity index (χ4n) is 3.24. The number of fused-ring (bicyclic) bond motifs is 1. The molecule has 3 nitrogen and oxygen atoms in total. The Bertz CT molecular complexity index is 353. The number of hydrogen-bond donors (Lipinski definition) is 0. The zero-order valence-corrected chi connectivity index (χ0v) is 11.9. The smallest absolute Gasteiger partial charge is 0.293 e. The first-order valence-corrected chi connectivity index (χ1v) is 6.83. The van der Waals surface area contributed by atoms with E-state index in [1.165, 1.54) is 5.57 Å². The Morgan fingerprint density at radius 2 is 2.11 bits per heavy atom. The summed E-state index contributed by atoms with van der Waals surface area (Å²) in [6, 6.07) is 0. The van der Waals surface area contributed by atoms with Gasteiger partial charge in [0.2, 0.25) is 0 Å². The monoisotopic (exact) mass is 252 g/mol. The van der Waals surface area contributed by atoms with Crippen molar-refractivity contribution in [2.75, 3.05) is 0 Å². The molecular formula is C15H24O3. The van der Waals surface area contributed by atoms with Gasteiger partial charge in [-0.25, -0.2) is 0 Å². The minimum absolute atomic E-state index is 0.0287. The summed E-state index contributed by atoms with van der Waals surface area (Å²) < 4.78 is 11.3. The highest BCUT2D eigenvalue weighted by Crippen LogP contribution is 2.51. The average molecular weight is 252 g/mol. The van der Waals surface area contributed by atoms with Crippen molar-refractivity contribution in [1.82, 2.24) is 0 Å². The van der Waals surface area contributed by atoms with Gasteiger partial charge in [0.05, 0.1) is 11.7 Å². The van der Waals surface area contributed by atoms with Crippen molar-refractivity contribution < 1.29 is 14.3 Å². The Morgan fingerprint density at radius 1 is 1.39 bits per heavy atom. The molecule has 102 valence electrons. The van der Waals surface area contributed by atoms with Crippen LogP contribution in [0.25, 0.3) is 0 Å². The van der Waals surface area contributed by atoms with Crippen molar-refractivity contribution in [3.05, 3.63) is 11.6 Å². The third-order valence-electron chi connectivity index (χ3n) is 4.18. The third-order valence-corrected chi connectivity index (χ3v) is 4.18. The maximum atomic E-state index is 10.4. The van der Waals surface area contributed by atoms with E-state index in [0.29, 0.717) is 12.6 Å². The van der Waals surface area contributed by atoms with Gasteiger partial charge in [0, 0.05) is 5.41 Å². The molecule has 0 aromatic rings. The zero-order valence-electron chi connectivity index (χ0n) is 11.9. The molecule has 0 heterocycles. The Kier molecular flexibility index (Phi) is 3.54. The van der Waals surface area contributed by atoms with Crippen molar-refractivity contribution in [2.24, 2.45) is 5.41 Å². The van der Waals surface area contributed by atoms with Crippen molar-refractivity contribution in [3.63, 3.8) is 0 Å². The van der Waals surface area contributed by atoms with Crippen molar-refractivity contribution >= 4 is 6.47 Å². The van der Waals surface area contributed by atoms with Gasteiger partial charge in [-0.2, -0.15) is 0 Å². The van der Waals surface area contributed by atoms with Crippen LogP contribution >= 0.6 is 0 Å². The lowest BCUT2D eigenvalue weighted by Crippen LogP contribution is -2.39.